The Labute approximate surface area is 125 Å². The number of rotatable bonds is 3. The van der Waals surface area contributed by atoms with E-state index in [0.717, 1.165) is 17.8 Å². The van der Waals surface area contributed by atoms with Crippen LogP contribution in [0.15, 0.2) is 16.6 Å². The van der Waals surface area contributed by atoms with Crippen LogP contribution in [0.3, 0.4) is 0 Å². The maximum Gasteiger partial charge on any atom is 0.0297 e. The Balaban J connectivity index is 1.72. The topological polar surface area (TPSA) is 26.0 Å². The Morgan fingerprint density at radius 3 is 2.42 bits per heavy atom. The summed E-state index contributed by atoms with van der Waals surface area (Å²) in [4.78, 5) is 0. The van der Waals surface area contributed by atoms with Crippen molar-refractivity contribution in [1.29, 1.82) is 0 Å². The lowest BCUT2D eigenvalue weighted by Crippen LogP contribution is -2.19. The molecular formula is C17H24BrN. The molecule has 1 aromatic rings. The van der Waals surface area contributed by atoms with Gasteiger partial charge in [0, 0.05) is 10.5 Å². The monoisotopic (exact) mass is 321 g/mol. The van der Waals surface area contributed by atoms with Crippen LogP contribution in [0.4, 0.5) is 0 Å². The minimum Gasteiger partial charge on any atom is -0.324 e. The van der Waals surface area contributed by atoms with Crippen molar-refractivity contribution in [2.24, 2.45) is 23.5 Å². The van der Waals surface area contributed by atoms with Gasteiger partial charge in [-0.15, -0.1) is 0 Å². The third kappa shape index (κ3) is 2.62. The van der Waals surface area contributed by atoms with Gasteiger partial charge in [0.2, 0.25) is 0 Å². The molecule has 1 aromatic carbocycles. The molecule has 2 aliphatic rings. The summed E-state index contributed by atoms with van der Waals surface area (Å²) in [6.45, 7) is 4.32. The van der Waals surface area contributed by atoms with E-state index in [-0.39, 0.29) is 6.04 Å². The van der Waals surface area contributed by atoms with E-state index in [9.17, 15) is 0 Å². The maximum atomic E-state index is 6.48. The average molecular weight is 322 g/mol. The van der Waals surface area contributed by atoms with Crippen molar-refractivity contribution in [2.45, 2.75) is 52.0 Å². The van der Waals surface area contributed by atoms with Gasteiger partial charge in [0.05, 0.1) is 0 Å². The quantitative estimate of drug-likeness (QED) is 0.842. The fraction of sp³-hybridized carbons (Fsp3) is 0.647. The molecule has 4 unspecified atom stereocenters. The number of hydrogen-bond acceptors (Lipinski definition) is 1. The van der Waals surface area contributed by atoms with Gasteiger partial charge >= 0.3 is 0 Å². The second-order valence-electron chi connectivity index (χ2n) is 6.75. The van der Waals surface area contributed by atoms with Gasteiger partial charge < -0.3 is 5.73 Å². The van der Waals surface area contributed by atoms with Gasteiger partial charge in [-0.3, -0.25) is 0 Å². The van der Waals surface area contributed by atoms with Gasteiger partial charge in [-0.25, -0.2) is 0 Å². The lowest BCUT2D eigenvalue weighted by Gasteiger charge is -2.25. The smallest absolute Gasteiger partial charge is 0.0297 e. The van der Waals surface area contributed by atoms with E-state index in [1.54, 1.807) is 0 Å². The molecule has 4 atom stereocenters. The zero-order valence-corrected chi connectivity index (χ0v) is 13.5. The fourth-order valence-corrected chi connectivity index (χ4v) is 4.55. The SMILES string of the molecule is Cc1cc(C(N)CC2CC3CCC2C3)cc(C)c1Br. The minimum atomic E-state index is 0.217. The normalized spacial score (nSPS) is 30.8. The Morgan fingerprint density at radius 1 is 1.21 bits per heavy atom. The molecule has 0 aliphatic heterocycles. The first-order chi connectivity index (χ1) is 9.04. The zero-order valence-electron chi connectivity index (χ0n) is 12.0. The van der Waals surface area contributed by atoms with Crippen LogP contribution in [-0.4, -0.2) is 0 Å². The molecule has 0 radical (unpaired) electrons. The van der Waals surface area contributed by atoms with Crippen molar-refractivity contribution in [1.82, 2.24) is 0 Å². The first kappa shape index (κ1) is 13.6. The summed E-state index contributed by atoms with van der Waals surface area (Å²) in [5.74, 6) is 2.89. The molecule has 2 fully saturated rings. The molecular weight excluding hydrogens is 298 g/mol. The molecule has 2 N–H and O–H groups in total. The van der Waals surface area contributed by atoms with Gasteiger partial charge in [0.15, 0.2) is 0 Å². The highest BCUT2D eigenvalue weighted by molar-refractivity contribution is 9.10. The maximum absolute atomic E-state index is 6.48. The van der Waals surface area contributed by atoms with Crippen molar-refractivity contribution in [2.75, 3.05) is 0 Å². The van der Waals surface area contributed by atoms with Crippen LogP contribution in [0.1, 0.15) is 54.8 Å². The van der Waals surface area contributed by atoms with Crippen LogP contribution in [0, 0.1) is 31.6 Å². The number of halogens is 1. The summed E-state index contributed by atoms with van der Waals surface area (Å²) in [6.07, 6.45) is 7.04. The first-order valence-electron chi connectivity index (χ1n) is 7.57. The Morgan fingerprint density at radius 2 is 1.89 bits per heavy atom. The van der Waals surface area contributed by atoms with E-state index in [2.05, 4.69) is 41.9 Å². The van der Waals surface area contributed by atoms with Crippen molar-refractivity contribution in [3.8, 4) is 0 Å². The molecule has 3 rings (SSSR count). The molecule has 1 nitrogen and oxygen atoms in total. The molecule has 2 saturated carbocycles. The molecule has 2 bridgehead atoms. The van der Waals surface area contributed by atoms with E-state index in [1.807, 2.05) is 0 Å². The van der Waals surface area contributed by atoms with Crippen molar-refractivity contribution in [3.05, 3.63) is 33.3 Å². The summed E-state index contributed by atoms with van der Waals surface area (Å²) in [5.41, 5.74) is 10.4. The first-order valence-corrected chi connectivity index (χ1v) is 8.36. The molecule has 104 valence electrons. The van der Waals surface area contributed by atoms with Crippen molar-refractivity contribution < 1.29 is 0 Å². The van der Waals surface area contributed by atoms with E-state index in [0.29, 0.717) is 0 Å². The number of fused-ring (bicyclic) bond motifs is 2. The summed E-state index contributed by atoms with van der Waals surface area (Å²) in [5, 5.41) is 0. The van der Waals surface area contributed by atoms with Crippen LogP contribution in [0.25, 0.3) is 0 Å². The van der Waals surface area contributed by atoms with Crippen LogP contribution < -0.4 is 5.73 Å². The summed E-state index contributed by atoms with van der Waals surface area (Å²) < 4.78 is 1.23. The molecule has 2 aliphatic carbocycles. The average Bonchev–Trinajstić information content (AvgIpc) is 2.97. The fourth-order valence-electron chi connectivity index (χ4n) is 4.32. The van der Waals surface area contributed by atoms with Gasteiger partial charge in [0.25, 0.3) is 0 Å². The van der Waals surface area contributed by atoms with E-state index >= 15 is 0 Å². The van der Waals surface area contributed by atoms with Crippen LogP contribution >= 0.6 is 15.9 Å². The third-order valence-corrected chi connectivity index (χ3v) is 6.58. The minimum absolute atomic E-state index is 0.217. The third-order valence-electron chi connectivity index (χ3n) is 5.33. The molecule has 0 saturated heterocycles. The van der Waals surface area contributed by atoms with Gasteiger partial charge in [0.1, 0.15) is 0 Å². The van der Waals surface area contributed by atoms with Gasteiger partial charge in [-0.05, 0) is 74.0 Å². The van der Waals surface area contributed by atoms with Crippen LogP contribution in [0.5, 0.6) is 0 Å². The molecule has 19 heavy (non-hydrogen) atoms. The van der Waals surface area contributed by atoms with Crippen LogP contribution in [0.2, 0.25) is 0 Å². The predicted molar refractivity (Wildman–Crippen MR) is 84.1 cm³/mol. The molecule has 0 spiro atoms. The highest BCUT2D eigenvalue weighted by atomic mass is 79.9. The second kappa shape index (κ2) is 5.21. The predicted octanol–water partition coefficient (Wildman–Crippen LogP) is 4.89. The summed E-state index contributed by atoms with van der Waals surface area (Å²) >= 11 is 3.64. The Hall–Kier alpha value is -0.340. The molecule has 0 aromatic heterocycles. The molecule has 2 heteroatoms. The van der Waals surface area contributed by atoms with E-state index < -0.39 is 0 Å². The summed E-state index contributed by atoms with van der Waals surface area (Å²) in [7, 11) is 0. The highest BCUT2D eigenvalue weighted by Gasteiger charge is 2.39. The highest BCUT2D eigenvalue weighted by Crippen LogP contribution is 2.50. The summed E-state index contributed by atoms with van der Waals surface area (Å²) in [6, 6.07) is 4.74. The lowest BCUT2D eigenvalue weighted by molar-refractivity contribution is 0.296. The largest absolute Gasteiger partial charge is 0.324 e. The van der Waals surface area contributed by atoms with Crippen molar-refractivity contribution in [3.63, 3.8) is 0 Å². The molecule has 0 amide bonds. The Kier molecular flexibility index (Phi) is 3.74. The number of benzene rings is 1. The van der Waals surface area contributed by atoms with Crippen LogP contribution in [-0.2, 0) is 0 Å². The zero-order chi connectivity index (χ0) is 13.6. The standard InChI is InChI=1S/C17H24BrN/c1-10-5-15(6-11(2)17(10)18)16(19)9-14-8-12-3-4-13(14)7-12/h5-6,12-14,16H,3-4,7-9,19H2,1-2H3. The van der Waals surface area contributed by atoms with E-state index in [1.165, 1.54) is 53.3 Å². The lowest BCUT2D eigenvalue weighted by atomic mass is 9.82. The van der Waals surface area contributed by atoms with Crippen molar-refractivity contribution >= 4 is 15.9 Å². The second-order valence-corrected chi connectivity index (χ2v) is 7.54. The van der Waals surface area contributed by atoms with E-state index in [4.69, 9.17) is 5.73 Å². The number of aryl methyl sites for hydroxylation is 2. The number of hydrogen-bond donors (Lipinski definition) is 1. The Bertz CT molecular complexity index is 459. The molecule has 0 heterocycles. The number of nitrogens with two attached hydrogens (primary N) is 1. The van der Waals surface area contributed by atoms with Gasteiger partial charge in [-0.1, -0.05) is 34.5 Å². The van der Waals surface area contributed by atoms with Gasteiger partial charge in [-0.2, -0.15) is 0 Å².